The number of aromatic nitrogens is 2. The second-order valence-corrected chi connectivity index (χ2v) is 6.66. The van der Waals surface area contributed by atoms with E-state index in [-0.39, 0.29) is 17.6 Å². The Morgan fingerprint density at radius 1 is 1.35 bits per heavy atom. The molecular formula is C16H16BrFN4O. The number of carbonyl (C=O) groups excluding carboxylic acids is 1. The van der Waals surface area contributed by atoms with Gasteiger partial charge < -0.3 is 11.1 Å². The van der Waals surface area contributed by atoms with Crippen molar-refractivity contribution in [2.75, 3.05) is 5.32 Å². The van der Waals surface area contributed by atoms with Crippen LogP contribution in [0.4, 0.5) is 10.2 Å². The molecule has 1 fully saturated rings. The summed E-state index contributed by atoms with van der Waals surface area (Å²) in [6.45, 7) is 0. The predicted octanol–water partition coefficient (Wildman–Crippen LogP) is 3.43. The summed E-state index contributed by atoms with van der Waals surface area (Å²) in [4.78, 5) is 11.0. The van der Waals surface area contributed by atoms with E-state index in [0.717, 1.165) is 12.0 Å². The van der Waals surface area contributed by atoms with Crippen molar-refractivity contribution in [3.05, 3.63) is 51.9 Å². The van der Waals surface area contributed by atoms with Gasteiger partial charge in [0.2, 0.25) is 0 Å². The number of amides is 1. The van der Waals surface area contributed by atoms with Gasteiger partial charge in [0.15, 0.2) is 5.69 Å². The van der Waals surface area contributed by atoms with Crippen molar-refractivity contribution in [3.8, 4) is 0 Å². The second kappa shape index (κ2) is 6.62. The van der Waals surface area contributed by atoms with Crippen LogP contribution >= 0.6 is 15.9 Å². The Bertz CT molecular complexity index is 698. The van der Waals surface area contributed by atoms with Gasteiger partial charge in [0.05, 0.1) is 6.04 Å². The summed E-state index contributed by atoms with van der Waals surface area (Å²) < 4.78 is 14.4. The van der Waals surface area contributed by atoms with Gasteiger partial charge in [0.25, 0.3) is 5.91 Å². The summed E-state index contributed by atoms with van der Waals surface area (Å²) in [6.07, 6.45) is 3.29. The molecule has 3 N–H and O–H groups in total. The van der Waals surface area contributed by atoms with Crippen molar-refractivity contribution in [1.29, 1.82) is 0 Å². The number of halogens is 2. The Hall–Kier alpha value is -2.02. The van der Waals surface area contributed by atoms with E-state index in [1.807, 2.05) is 6.07 Å². The SMILES string of the molecule is NC(=O)c1ccc(NC(CC2CC2)c2cc(F)cc(Br)c2)nn1. The minimum absolute atomic E-state index is 0.0665. The van der Waals surface area contributed by atoms with E-state index in [9.17, 15) is 9.18 Å². The lowest BCUT2D eigenvalue weighted by Gasteiger charge is -2.20. The third-order valence-electron chi connectivity index (χ3n) is 3.79. The number of primary amides is 1. The fourth-order valence-corrected chi connectivity index (χ4v) is 2.94. The molecule has 1 heterocycles. The number of anilines is 1. The average Bonchev–Trinajstić information content (AvgIpc) is 3.30. The molecule has 1 aliphatic rings. The number of hydrogen-bond acceptors (Lipinski definition) is 4. The second-order valence-electron chi connectivity index (χ2n) is 5.75. The van der Waals surface area contributed by atoms with E-state index in [1.165, 1.54) is 31.0 Å². The molecule has 1 aromatic carbocycles. The molecule has 0 spiro atoms. The summed E-state index contributed by atoms with van der Waals surface area (Å²) in [6, 6.07) is 7.96. The molecule has 1 unspecified atom stereocenters. The zero-order chi connectivity index (χ0) is 16.4. The number of nitrogens with zero attached hydrogens (tertiary/aromatic N) is 2. The van der Waals surface area contributed by atoms with E-state index >= 15 is 0 Å². The first-order valence-electron chi connectivity index (χ1n) is 7.37. The number of benzene rings is 1. The van der Waals surface area contributed by atoms with Crippen LogP contribution < -0.4 is 11.1 Å². The van der Waals surface area contributed by atoms with Crippen LogP contribution in [0.25, 0.3) is 0 Å². The van der Waals surface area contributed by atoms with Crippen molar-refractivity contribution in [1.82, 2.24) is 10.2 Å². The van der Waals surface area contributed by atoms with Crippen LogP contribution in [0.2, 0.25) is 0 Å². The van der Waals surface area contributed by atoms with Gasteiger partial charge in [-0.1, -0.05) is 28.8 Å². The zero-order valence-corrected chi connectivity index (χ0v) is 13.9. The summed E-state index contributed by atoms with van der Waals surface area (Å²) >= 11 is 3.33. The van der Waals surface area contributed by atoms with Crippen molar-refractivity contribution < 1.29 is 9.18 Å². The topological polar surface area (TPSA) is 80.9 Å². The van der Waals surface area contributed by atoms with Crippen molar-refractivity contribution >= 4 is 27.7 Å². The Labute approximate surface area is 141 Å². The molecule has 0 radical (unpaired) electrons. The molecule has 2 aromatic rings. The molecule has 1 saturated carbocycles. The maximum atomic E-state index is 13.7. The van der Waals surface area contributed by atoms with E-state index in [4.69, 9.17) is 5.73 Å². The highest BCUT2D eigenvalue weighted by molar-refractivity contribution is 9.10. The largest absolute Gasteiger partial charge is 0.364 e. The molecule has 0 bridgehead atoms. The first-order valence-corrected chi connectivity index (χ1v) is 8.16. The van der Waals surface area contributed by atoms with Gasteiger partial charge >= 0.3 is 0 Å². The Kier molecular flexibility index (Phi) is 4.56. The number of rotatable bonds is 6. The summed E-state index contributed by atoms with van der Waals surface area (Å²) in [5, 5.41) is 11.0. The molecule has 1 atom stereocenters. The number of nitrogens with two attached hydrogens (primary N) is 1. The number of hydrogen-bond donors (Lipinski definition) is 2. The van der Waals surface area contributed by atoms with Gasteiger partial charge in [-0.05, 0) is 48.2 Å². The highest BCUT2D eigenvalue weighted by atomic mass is 79.9. The van der Waals surface area contributed by atoms with Crippen LogP contribution in [-0.4, -0.2) is 16.1 Å². The number of carbonyl (C=O) groups is 1. The minimum Gasteiger partial charge on any atom is -0.364 e. The lowest BCUT2D eigenvalue weighted by Crippen LogP contribution is -2.16. The molecule has 120 valence electrons. The quantitative estimate of drug-likeness (QED) is 0.806. The molecule has 0 saturated heterocycles. The van der Waals surface area contributed by atoms with Crippen LogP contribution in [0.1, 0.15) is 41.4 Å². The molecule has 0 aliphatic heterocycles. The average molecular weight is 379 g/mol. The van der Waals surface area contributed by atoms with Gasteiger partial charge in [-0.25, -0.2) is 4.39 Å². The van der Waals surface area contributed by atoms with Crippen LogP contribution in [0.15, 0.2) is 34.8 Å². The number of nitrogens with one attached hydrogen (secondary N) is 1. The first kappa shape index (κ1) is 15.9. The molecule has 7 heteroatoms. The normalized spacial score (nSPS) is 15.2. The Morgan fingerprint density at radius 2 is 2.13 bits per heavy atom. The minimum atomic E-state index is -0.618. The van der Waals surface area contributed by atoms with E-state index in [1.54, 1.807) is 6.07 Å². The van der Waals surface area contributed by atoms with Crippen molar-refractivity contribution in [2.24, 2.45) is 11.7 Å². The zero-order valence-electron chi connectivity index (χ0n) is 12.3. The summed E-state index contributed by atoms with van der Waals surface area (Å²) in [7, 11) is 0. The van der Waals surface area contributed by atoms with Crippen molar-refractivity contribution in [2.45, 2.75) is 25.3 Å². The molecule has 23 heavy (non-hydrogen) atoms. The van der Waals surface area contributed by atoms with E-state index in [2.05, 4.69) is 31.4 Å². The third kappa shape index (κ3) is 4.25. The van der Waals surface area contributed by atoms with Crippen LogP contribution in [0.5, 0.6) is 0 Å². The maximum absolute atomic E-state index is 13.7. The van der Waals surface area contributed by atoms with Gasteiger partial charge in [0.1, 0.15) is 11.6 Å². The molecule has 3 rings (SSSR count). The molecule has 1 aromatic heterocycles. The van der Waals surface area contributed by atoms with Gasteiger partial charge in [-0.15, -0.1) is 10.2 Å². The molecule has 5 nitrogen and oxygen atoms in total. The van der Waals surface area contributed by atoms with E-state index < -0.39 is 5.91 Å². The molecular weight excluding hydrogens is 363 g/mol. The summed E-state index contributed by atoms with van der Waals surface area (Å²) in [5.74, 6) is 0.271. The van der Waals surface area contributed by atoms with Gasteiger partial charge in [0, 0.05) is 4.47 Å². The highest BCUT2D eigenvalue weighted by Gasteiger charge is 2.27. The smallest absolute Gasteiger partial charge is 0.269 e. The monoisotopic (exact) mass is 378 g/mol. The van der Waals surface area contributed by atoms with Crippen molar-refractivity contribution in [3.63, 3.8) is 0 Å². The molecule has 1 amide bonds. The van der Waals surface area contributed by atoms with Gasteiger partial charge in [-0.3, -0.25) is 4.79 Å². The van der Waals surface area contributed by atoms with Crippen LogP contribution in [-0.2, 0) is 0 Å². The van der Waals surface area contributed by atoms with Crippen LogP contribution in [0, 0.1) is 11.7 Å². The fourth-order valence-electron chi connectivity index (χ4n) is 2.46. The van der Waals surface area contributed by atoms with Crippen LogP contribution in [0.3, 0.4) is 0 Å². The Morgan fingerprint density at radius 3 is 2.70 bits per heavy atom. The third-order valence-corrected chi connectivity index (χ3v) is 4.25. The predicted molar refractivity (Wildman–Crippen MR) is 88.4 cm³/mol. The van der Waals surface area contributed by atoms with Gasteiger partial charge in [-0.2, -0.15) is 0 Å². The molecule has 1 aliphatic carbocycles. The fraction of sp³-hybridized carbons (Fsp3) is 0.312. The standard InChI is InChI=1S/C16H16BrFN4O/c17-11-6-10(7-12(18)8-11)14(5-9-1-2-9)20-15-4-3-13(16(19)23)21-22-15/h3-4,6-9,14H,1-2,5H2,(H2,19,23)(H,20,22). The van der Waals surface area contributed by atoms with E-state index in [0.29, 0.717) is 16.2 Å². The highest BCUT2D eigenvalue weighted by Crippen LogP contribution is 2.39. The lowest BCUT2D eigenvalue weighted by molar-refractivity contribution is 0.0994. The Balaban J connectivity index is 1.82. The lowest BCUT2D eigenvalue weighted by atomic mass is 10.0. The summed E-state index contributed by atoms with van der Waals surface area (Å²) in [5.41, 5.74) is 6.12. The maximum Gasteiger partial charge on any atom is 0.269 e. The first-order chi connectivity index (χ1) is 11.0.